The number of fused-ring (bicyclic) bond motifs is 4. The predicted molar refractivity (Wildman–Crippen MR) is 122 cm³/mol. The molecule has 6 rings (SSSR count). The highest BCUT2D eigenvalue weighted by molar-refractivity contribution is 5.78. The molecule has 34 heavy (non-hydrogen) atoms. The van der Waals surface area contributed by atoms with E-state index in [0.717, 1.165) is 5.56 Å². The second-order valence-corrected chi connectivity index (χ2v) is 8.67. The molecule has 0 bridgehead atoms. The number of aryl methyl sites for hydroxylation is 1. The van der Waals surface area contributed by atoms with E-state index in [0.29, 0.717) is 60.0 Å². The van der Waals surface area contributed by atoms with E-state index in [1.807, 2.05) is 13.0 Å². The Morgan fingerprint density at radius 2 is 1.88 bits per heavy atom. The number of nitrogens with zero attached hydrogens (tertiary/aromatic N) is 3. The number of rotatable bonds is 2. The van der Waals surface area contributed by atoms with E-state index in [-0.39, 0.29) is 18.4 Å². The average molecular weight is 464 g/mol. The van der Waals surface area contributed by atoms with Crippen LogP contribution in [-0.2, 0) is 15.0 Å². The summed E-state index contributed by atoms with van der Waals surface area (Å²) in [5.41, 5.74) is 8.46. The maximum atomic E-state index is 15.4. The Bertz CT molecular complexity index is 1340. The molecule has 174 valence electrons. The second-order valence-electron chi connectivity index (χ2n) is 8.67. The molecule has 3 aliphatic heterocycles. The molecule has 7 nitrogen and oxygen atoms in total. The van der Waals surface area contributed by atoms with E-state index < -0.39 is 17.3 Å². The van der Waals surface area contributed by atoms with E-state index in [1.54, 1.807) is 24.3 Å². The number of aromatic nitrogens is 1. The number of morpholine rings is 1. The van der Waals surface area contributed by atoms with Crippen molar-refractivity contribution in [2.45, 2.75) is 12.5 Å². The third kappa shape index (κ3) is 3.19. The highest BCUT2D eigenvalue weighted by Crippen LogP contribution is 2.53. The highest BCUT2D eigenvalue weighted by atomic mass is 19.1. The van der Waals surface area contributed by atoms with Gasteiger partial charge in [-0.1, -0.05) is 6.07 Å². The molecule has 1 aromatic heterocycles. The lowest BCUT2D eigenvalue weighted by Crippen LogP contribution is -2.37. The zero-order valence-electron chi connectivity index (χ0n) is 18.5. The summed E-state index contributed by atoms with van der Waals surface area (Å²) in [6.07, 6.45) is 1.48. The fourth-order valence-electron chi connectivity index (χ4n) is 4.82. The first-order chi connectivity index (χ1) is 16.4. The van der Waals surface area contributed by atoms with Crippen molar-refractivity contribution < 1.29 is 23.0 Å². The number of anilines is 1. The van der Waals surface area contributed by atoms with Gasteiger partial charge in [-0.25, -0.2) is 14.4 Å². The van der Waals surface area contributed by atoms with E-state index in [2.05, 4.69) is 14.9 Å². The summed E-state index contributed by atoms with van der Waals surface area (Å²) in [5.74, 6) is -0.578. The van der Waals surface area contributed by atoms with Crippen molar-refractivity contribution in [3.05, 3.63) is 71.1 Å². The van der Waals surface area contributed by atoms with Crippen LogP contribution in [0.3, 0.4) is 0 Å². The molecule has 2 aromatic carbocycles. The van der Waals surface area contributed by atoms with Crippen LogP contribution >= 0.6 is 0 Å². The van der Waals surface area contributed by atoms with Crippen LogP contribution < -0.4 is 15.4 Å². The van der Waals surface area contributed by atoms with Gasteiger partial charge in [-0.2, -0.15) is 4.39 Å². The lowest BCUT2D eigenvalue weighted by Gasteiger charge is -2.36. The maximum absolute atomic E-state index is 15.4. The molecule has 1 unspecified atom stereocenters. The van der Waals surface area contributed by atoms with Gasteiger partial charge in [0, 0.05) is 47.7 Å². The zero-order chi connectivity index (χ0) is 23.4. The normalized spacial score (nSPS) is 20.9. The number of halogens is 2. The molecule has 0 radical (unpaired) electrons. The lowest BCUT2D eigenvalue weighted by molar-refractivity contribution is 0.122. The average Bonchev–Trinajstić information content (AvgIpc) is 3.24. The van der Waals surface area contributed by atoms with Gasteiger partial charge in [-0.15, -0.1) is 0 Å². The molecular formula is C25H22F2N4O3. The van der Waals surface area contributed by atoms with Crippen molar-refractivity contribution in [1.82, 2.24) is 4.98 Å². The molecule has 0 aliphatic carbocycles. The number of amidine groups is 1. The summed E-state index contributed by atoms with van der Waals surface area (Å²) in [4.78, 5) is 10.5. The molecule has 2 N–H and O–H groups in total. The van der Waals surface area contributed by atoms with Gasteiger partial charge < -0.3 is 24.8 Å². The Morgan fingerprint density at radius 3 is 2.65 bits per heavy atom. The Hall–Kier alpha value is -3.72. The molecule has 0 amide bonds. The summed E-state index contributed by atoms with van der Waals surface area (Å²) in [6.45, 7) is 4.35. The quantitative estimate of drug-likeness (QED) is 0.580. The molecule has 1 saturated heterocycles. The Labute approximate surface area is 194 Å². The zero-order valence-corrected chi connectivity index (χ0v) is 18.5. The topological polar surface area (TPSA) is 82.2 Å². The number of ether oxygens (including phenoxy) is 3. The molecule has 4 heterocycles. The van der Waals surface area contributed by atoms with Crippen LogP contribution in [0.1, 0.15) is 16.7 Å². The van der Waals surface area contributed by atoms with E-state index in [9.17, 15) is 4.39 Å². The van der Waals surface area contributed by atoms with Crippen molar-refractivity contribution in [2.75, 3.05) is 37.8 Å². The third-order valence-corrected chi connectivity index (χ3v) is 6.50. The van der Waals surface area contributed by atoms with Crippen molar-refractivity contribution in [3.8, 4) is 22.6 Å². The number of hydrogen-bond acceptors (Lipinski definition) is 7. The molecule has 9 heteroatoms. The molecule has 3 aliphatic rings. The van der Waals surface area contributed by atoms with Crippen LogP contribution in [0.5, 0.6) is 11.5 Å². The number of nitrogens with two attached hydrogens (primary N) is 1. The minimum Gasteiger partial charge on any atom is -0.462 e. The third-order valence-electron chi connectivity index (χ3n) is 6.50. The Balaban J connectivity index is 1.54. The predicted octanol–water partition coefficient (Wildman–Crippen LogP) is 3.87. The minimum atomic E-state index is -1.13. The summed E-state index contributed by atoms with van der Waals surface area (Å²) < 4.78 is 47.0. The molecular weight excluding hydrogens is 442 g/mol. The standard InChI is InChI=1S/C25H22F2N4O3/c1-14-8-17(23(27)29-12-14)15-2-3-21-18(9-15)25(13-33-24(28)30-25)19-10-16(11-20(26)22(19)34-21)31-4-6-32-7-5-31/h2-3,8-12H,4-7,13H2,1H3,(H2,28,30). The first kappa shape index (κ1) is 20.9. The number of aliphatic imine (C=N–C) groups is 1. The number of pyridine rings is 1. The SMILES string of the molecule is Cc1cnc(F)c(-c2ccc3c(c2)C2(COC(N)=N2)c2cc(N4CCOCC4)cc(F)c2O3)c1. The largest absolute Gasteiger partial charge is 0.462 e. The van der Waals surface area contributed by atoms with Gasteiger partial charge >= 0.3 is 0 Å². The van der Waals surface area contributed by atoms with Gasteiger partial charge in [0.05, 0.1) is 13.2 Å². The fourth-order valence-corrected chi connectivity index (χ4v) is 4.82. The van der Waals surface area contributed by atoms with Crippen LogP contribution in [0.15, 0.2) is 47.6 Å². The van der Waals surface area contributed by atoms with Gasteiger partial charge in [-0.3, -0.25) is 0 Å². The molecule has 1 spiro atoms. The van der Waals surface area contributed by atoms with Gasteiger partial charge in [0.1, 0.15) is 12.4 Å². The summed E-state index contributed by atoms with van der Waals surface area (Å²) in [5, 5.41) is 0. The number of hydrogen-bond donors (Lipinski definition) is 1. The minimum absolute atomic E-state index is 0.00443. The highest BCUT2D eigenvalue weighted by Gasteiger charge is 2.48. The molecule has 0 saturated carbocycles. The van der Waals surface area contributed by atoms with Crippen molar-refractivity contribution in [2.24, 2.45) is 10.7 Å². The molecule has 1 atom stereocenters. The van der Waals surface area contributed by atoms with Gasteiger partial charge in [0.15, 0.2) is 17.1 Å². The van der Waals surface area contributed by atoms with Crippen LogP contribution in [0, 0.1) is 18.7 Å². The van der Waals surface area contributed by atoms with E-state index in [1.165, 1.54) is 12.3 Å². The smallest absolute Gasteiger partial charge is 0.283 e. The molecule has 3 aromatic rings. The second kappa shape index (κ2) is 7.66. The first-order valence-corrected chi connectivity index (χ1v) is 11.0. The van der Waals surface area contributed by atoms with E-state index >= 15 is 4.39 Å². The summed E-state index contributed by atoms with van der Waals surface area (Å²) in [7, 11) is 0. The van der Waals surface area contributed by atoms with Crippen molar-refractivity contribution in [1.29, 1.82) is 0 Å². The van der Waals surface area contributed by atoms with Gasteiger partial charge in [0.25, 0.3) is 6.02 Å². The van der Waals surface area contributed by atoms with Crippen LogP contribution in [0.2, 0.25) is 0 Å². The Kier molecular flexibility index (Phi) is 4.70. The lowest BCUT2D eigenvalue weighted by atomic mass is 9.80. The first-order valence-electron chi connectivity index (χ1n) is 11.0. The monoisotopic (exact) mass is 464 g/mol. The van der Waals surface area contributed by atoms with Crippen molar-refractivity contribution in [3.63, 3.8) is 0 Å². The van der Waals surface area contributed by atoms with Crippen LogP contribution in [-0.4, -0.2) is 43.9 Å². The number of benzene rings is 2. The van der Waals surface area contributed by atoms with Crippen LogP contribution in [0.4, 0.5) is 14.5 Å². The summed E-state index contributed by atoms with van der Waals surface area (Å²) >= 11 is 0. The van der Waals surface area contributed by atoms with E-state index in [4.69, 9.17) is 19.9 Å². The molecule has 1 fully saturated rings. The van der Waals surface area contributed by atoms with Crippen molar-refractivity contribution >= 4 is 11.7 Å². The summed E-state index contributed by atoms with van der Waals surface area (Å²) in [6, 6.07) is 10.3. The fraction of sp³-hybridized carbons (Fsp3) is 0.280. The van der Waals surface area contributed by atoms with Gasteiger partial charge in [-0.05, 0) is 42.3 Å². The maximum Gasteiger partial charge on any atom is 0.283 e. The Morgan fingerprint density at radius 1 is 1.06 bits per heavy atom. The van der Waals surface area contributed by atoms with Gasteiger partial charge in [0.2, 0.25) is 5.95 Å². The van der Waals surface area contributed by atoms with Crippen LogP contribution in [0.25, 0.3) is 11.1 Å².